The first-order valence-corrected chi connectivity index (χ1v) is 6.30. The van der Waals surface area contributed by atoms with E-state index in [9.17, 15) is 8.78 Å². The lowest BCUT2D eigenvalue weighted by atomic mass is 10.1. The van der Waals surface area contributed by atoms with Gasteiger partial charge >= 0.3 is 0 Å². The average molecular weight is 282 g/mol. The molecule has 19 heavy (non-hydrogen) atoms. The van der Waals surface area contributed by atoms with Crippen LogP contribution in [0.25, 0.3) is 0 Å². The summed E-state index contributed by atoms with van der Waals surface area (Å²) in [4.78, 5) is 0. The third kappa shape index (κ3) is 3.04. The van der Waals surface area contributed by atoms with Crippen LogP contribution in [0.15, 0.2) is 30.3 Å². The SMILES string of the molecule is Cc1ccc(CNc2c(F)ccc(C)c2F)cc1Cl. The molecule has 1 nitrogen and oxygen atoms in total. The monoisotopic (exact) mass is 281 g/mol. The fourth-order valence-corrected chi connectivity index (χ4v) is 1.96. The molecule has 0 aliphatic carbocycles. The van der Waals surface area contributed by atoms with Crippen LogP contribution in [-0.2, 0) is 6.54 Å². The Kier molecular flexibility index (Phi) is 4.05. The van der Waals surface area contributed by atoms with E-state index in [4.69, 9.17) is 11.6 Å². The van der Waals surface area contributed by atoms with E-state index in [1.807, 2.05) is 19.1 Å². The molecule has 0 spiro atoms. The number of anilines is 1. The molecule has 2 aromatic carbocycles. The molecule has 0 amide bonds. The molecule has 0 saturated carbocycles. The van der Waals surface area contributed by atoms with Gasteiger partial charge < -0.3 is 5.32 Å². The van der Waals surface area contributed by atoms with Crippen molar-refractivity contribution in [3.63, 3.8) is 0 Å². The van der Waals surface area contributed by atoms with Crippen LogP contribution in [0.3, 0.4) is 0 Å². The van der Waals surface area contributed by atoms with Gasteiger partial charge in [-0.1, -0.05) is 29.8 Å². The molecule has 0 aliphatic heterocycles. The van der Waals surface area contributed by atoms with Crippen LogP contribution in [0.1, 0.15) is 16.7 Å². The molecule has 2 aromatic rings. The Labute approximate surface area is 116 Å². The Morgan fingerprint density at radius 3 is 2.42 bits per heavy atom. The van der Waals surface area contributed by atoms with Gasteiger partial charge in [0.05, 0.1) is 0 Å². The highest BCUT2D eigenvalue weighted by Crippen LogP contribution is 2.23. The first kappa shape index (κ1) is 13.8. The van der Waals surface area contributed by atoms with Gasteiger partial charge in [-0.3, -0.25) is 0 Å². The lowest BCUT2D eigenvalue weighted by Gasteiger charge is -2.11. The molecule has 0 heterocycles. The van der Waals surface area contributed by atoms with Crippen LogP contribution in [0, 0.1) is 25.5 Å². The summed E-state index contributed by atoms with van der Waals surface area (Å²) < 4.78 is 27.3. The molecule has 0 fully saturated rings. The van der Waals surface area contributed by atoms with E-state index in [0.29, 0.717) is 17.1 Å². The number of benzene rings is 2. The maximum absolute atomic E-state index is 13.8. The highest BCUT2D eigenvalue weighted by Gasteiger charge is 2.11. The molecule has 0 aliphatic rings. The van der Waals surface area contributed by atoms with Crippen molar-refractivity contribution in [3.05, 3.63) is 63.7 Å². The van der Waals surface area contributed by atoms with E-state index in [0.717, 1.165) is 11.1 Å². The van der Waals surface area contributed by atoms with E-state index in [1.165, 1.54) is 12.1 Å². The fourth-order valence-electron chi connectivity index (χ4n) is 1.76. The molecule has 4 heteroatoms. The van der Waals surface area contributed by atoms with Gasteiger partial charge in [0.15, 0.2) is 5.82 Å². The third-order valence-corrected chi connectivity index (χ3v) is 3.40. The lowest BCUT2D eigenvalue weighted by molar-refractivity contribution is 0.582. The highest BCUT2D eigenvalue weighted by atomic mass is 35.5. The Balaban J connectivity index is 2.19. The largest absolute Gasteiger partial charge is 0.376 e. The minimum atomic E-state index is -0.596. The molecule has 0 atom stereocenters. The Bertz CT molecular complexity index is 611. The molecule has 1 N–H and O–H groups in total. The van der Waals surface area contributed by atoms with Gasteiger partial charge in [0.2, 0.25) is 0 Å². The van der Waals surface area contributed by atoms with Crippen molar-refractivity contribution in [2.45, 2.75) is 20.4 Å². The zero-order valence-electron chi connectivity index (χ0n) is 10.7. The van der Waals surface area contributed by atoms with Crippen molar-refractivity contribution in [2.24, 2.45) is 0 Å². The number of rotatable bonds is 3. The van der Waals surface area contributed by atoms with Crippen LogP contribution < -0.4 is 5.32 Å². The van der Waals surface area contributed by atoms with Crippen LogP contribution in [0.2, 0.25) is 5.02 Å². The minimum Gasteiger partial charge on any atom is -0.376 e. The van der Waals surface area contributed by atoms with Crippen molar-refractivity contribution in [1.82, 2.24) is 0 Å². The second kappa shape index (κ2) is 5.57. The van der Waals surface area contributed by atoms with Gasteiger partial charge in [-0.2, -0.15) is 0 Å². The summed E-state index contributed by atoms with van der Waals surface area (Å²) in [5.41, 5.74) is 2.15. The smallest absolute Gasteiger partial charge is 0.152 e. The highest BCUT2D eigenvalue weighted by molar-refractivity contribution is 6.31. The lowest BCUT2D eigenvalue weighted by Crippen LogP contribution is -2.05. The van der Waals surface area contributed by atoms with Gasteiger partial charge in [-0.25, -0.2) is 8.78 Å². The van der Waals surface area contributed by atoms with Gasteiger partial charge in [0.25, 0.3) is 0 Å². The minimum absolute atomic E-state index is 0.100. The second-order valence-electron chi connectivity index (χ2n) is 4.49. The average Bonchev–Trinajstić information content (AvgIpc) is 2.38. The Morgan fingerprint density at radius 2 is 1.74 bits per heavy atom. The summed E-state index contributed by atoms with van der Waals surface area (Å²) in [6.45, 7) is 3.82. The first-order valence-electron chi connectivity index (χ1n) is 5.92. The fraction of sp³-hybridized carbons (Fsp3) is 0.200. The third-order valence-electron chi connectivity index (χ3n) is 2.99. The van der Waals surface area contributed by atoms with Gasteiger partial charge in [-0.15, -0.1) is 0 Å². The van der Waals surface area contributed by atoms with E-state index in [-0.39, 0.29) is 5.69 Å². The number of nitrogens with one attached hydrogen (secondary N) is 1. The van der Waals surface area contributed by atoms with Crippen LogP contribution in [-0.4, -0.2) is 0 Å². The van der Waals surface area contributed by atoms with E-state index >= 15 is 0 Å². The Morgan fingerprint density at radius 1 is 1.05 bits per heavy atom. The zero-order valence-corrected chi connectivity index (χ0v) is 11.5. The molecular formula is C15H14ClF2N. The molecule has 0 unspecified atom stereocenters. The Hall–Kier alpha value is -1.61. The zero-order chi connectivity index (χ0) is 14.0. The number of halogens is 3. The standard InChI is InChI=1S/C15H14ClF2N/c1-9-3-5-11(7-12(9)16)8-19-15-13(17)6-4-10(2)14(15)18/h3-7,19H,8H2,1-2H3. The number of aryl methyl sites for hydroxylation is 2. The van der Waals surface area contributed by atoms with Crippen molar-refractivity contribution in [2.75, 3.05) is 5.32 Å². The molecule has 0 saturated heterocycles. The quantitative estimate of drug-likeness (QED) is 0.848. The summed E-state index contributed by atoms with van der Waals surface area (Å²) in [7, 11) is 0. The van der Waals surface area contributed by atoms with Crippen molar-refractivity contribution < 1.29 is 8.78 Å². The first-order chi connectivity index (χ1) is 8.99. The summed E-state index contributed by atoms with van der Waals surface area (Å²) in [5, 5.41) is 3.42. The van der Waals surface area contributed by atoms with Crippen LogP contribution in [0.5, 0.6) is 0 Å². The van der Waals surface area contributed by atoms with Gasteiger partial charge in [-0.05, 0) is 42.7 Å². The van der Waals surface area contributed by atoms with E-state index < -0.39 is 11.6 Å². The molecule has 0 aromatic heterocycles. The molecule has 0 bridgehead atoms. The molecule has 2 rings (SSSR count). The van der Waals surface area contributed by atoms with E-state index in [2.05, 4.69) is 5.32 Å². The summed E-state index contributed by atoms with van der Waals surface area (Å²) >= 11 is 6.01. The van der Waals surface area contributed by atoms with Gasteiger partial charge in [0, 0.05) is 11.6 Å². The number of hydrogen-bond acceptors (Lipinski definition) is 1. The van der Waals surface area contributed by atoms with E-state index in [1.54, 1.807) is 13.0 Å². The van der Waals surface area contributed by atoms with Crippen molar-refractivity contribution in [1.29, 1.82) is 0 Å². The normalized spacial score (nSPS) is 10.6. The molecule has 100 valence electrons. The maximum atomic E-state index is 13.8. The second-order valence-corrected chi connectivity index (χ2v) is 4.90. The van der Waals surface area contributed by atoms with Gasteiger partial charge in [0.1, 0.15) is 11.5 Å². The van der Waals surface area contributed by atoms with Crippen molar-refractivity contribution in [3.8, 4) is 0 Å². The molecular weight excluding hydrogens is 268 g/mol. The predicted octanol–water partition coefficient (Wildman–Crippen LogP) is 4.85. The summed E-state index contributed by atoms with van der Waals surface area (Å²) in [6, 6.07) is 8.21. The predicted molar refractivity (Wildman–Crippen MR) is 74.6 cm³/mol. The summed E-state index contributed by atoms with van der Waals surface area (Å²) in [6.07, 6.45) is 0. The van der Waals surface area contributed by atoms with Crippen LogP contribution >= 0.6 is 11.6 Å². The number of hydrogen-bond donors (Lipinski definition) is 1. The topological polar surface area (TPSA) is 12.0 Å². The maximum Gasteiger partial charge on any atom is 0.152 e. The molecule has 0 radical (unpaired) electrons. The summed E-state index contributed by atoms with van der Waals surface area (Å²) in [5.74, 6) is -1.15. The van der Waals surface area contributed by atoms with Crippen molar-refractivity contribution >= 4 is 17.3 Å². The van der Waals surface area contributed by atoms with Crippen LogP contribution in [0.4, 0.5) is 14.5 Å².